The van der Waals surface area contributed by atoms with Gasteiger partial charge in [-0.2, -0.15) is 0 Å². The van der Waals surface area contributed by atoms with Crippen molar-refractivity contribution < 1.29 is 0 Å². The highest BCUT2D eigenvalue weighted by Crippen LogP contribution is 2.38. The Hall–Kier alpha value is -0.530. The van der Waals surface area contributed by atoms with Crippen LogP contribution in [0, 0.1) is 19.8 Å². The van der Waals surface area contributed by atoms with Crippen LogP contribution < -0.4 is 5.32 Å². The Bertz CT molecular complexity index is 453. The van der Waals surface area contributed by atoms with Crippen LogP contribution in [0.3, 0.4) is 0 Å². The maximum atomic E-state index is 6.51. The number of hydrogen-bond acceptors (Lipinski definition) is 1. The summed E-state index contributed by atoms with van der Waals surface area (Å²) in [5, 5.41) is 4.70. The van der Waals surface area contributed by atoms with Gasteiger partial charge in [0.15, 0.2) is 0 Å². The molecular weight excluding hydrogens is 254 g/mol. The minimum absolute atomic E-state index is 0.477. The third-order valence-electron chi connectivity index (χ3n) is 4.47. The molecule has 0 heterocycles. The second-order valence-electron chi connectivity index (χ2n) is 6.08. The van der Waals surface area contributed by atoms with Crippen molar-refractivity contribution in [1.29, 1.82) is 0 Å². The summed E-state index contributed by atoms with van der Waals surface area (Å²) in [5.41, 5.74) is 5.63. The van der Waals surface area contributed by atoms with Crippen LogP contribution in [0.15, 0.2) is 6.07 Å². The van der Waals surface area contributed by atoms with Crippen molar-refractivity contribution in [3.63, 3.8) is 0 Å². The monoisotopic (exact) mass is 279 g/mol. The highest BCUT2D eigenvalue weighted by Gasteiger charge is 2.25. The third-order valence-corrected chi connectivity index (χ3v) is 4.80. The standard InChI is InChI=1S/C17H26ClN/c1-5-8-19-16-9-11(2)6-7-14-15(18)10-12(3)13(4)17(14)16/h10-11,16,19H,5-9H2,1-4H3. The van der Waals surface area contributed by atoms with Crippen LogP contribution in [0.5, 0.6) is 0 Å². The molecule has 0 amide bonds. The molecule has 2 rings (SSSR count). The van der Waals surface area contributed by atoms with E-state index in [0.29, 0.717) is 6.04 Å². The predicted octanol–water partition coefficient (Wildman–Crippen LogP) is 4.97. The van der Waals surface area contributed by atoms with E-state index in [-0.39, 0.29) is 0 Å². The molecule has 1 aliphatic rings. The number of halogens is 1. The molecule has 2 unspecified atom stereocenters. The Morgan fingerprint density at radius 3 is 2.79 bits per heavy atom. The van der Waals surface area contributed by atoms with Gasteiger partial charge in [-0.1, -0.05) is 25.4 Å². The number of fused-ring (bicyclic) bond motifs is 1. The molecule has 106 valence electrons. The second kappa shape index (κ2) is 6.28. The number of aryl methyl sites for hydroxylation is 1. The van der Waals surface area contributed by atoms with Crippen LogP contribution in [0.2, 0.25) is 5.02 Å². The lowest BCUT2D eigenvalue weighted by Gasteiger charge is -2.24. The molecule has 0 saturated carbocycles. The van der Waals surface area contributed by atoms with Gasteiger partial charge in [0, 0.05) is 11.1 Å². The van der Waals surface area contributed by atoms with Crippen molar-refractivity contribution >= 4 is 11.6 Å². The zero-order valence-electron chi connectivity index (χ0n) is 12.6. The fraction of sp³-hybridized carbons (Fsp3) is 0.647. The molecule has 0 fully saturated rings. The lowest BCUT2D eigenvalue weighted by atomic mass is 9.90. The Labute approximate surface area is 122 Å². The summed E-state index contributed by atoms with van der Waals surface area (Å²) in [5.74, 6) is 0.762. The van der Waals surface area contributed by atoms with Crippen LogP contribution in [0.1, 0.15) is 61.4 Å². The molecule has 19 heavy (non-hydrogen) atoms. The normalized spacial score (nSPS) is 23.0. The van der Waals surface area contributed by atoms with Crippen molar-refractivity contribution in [2.45, 2.75) is 59.4 Å². The van der Waals surface area contributed by atoms with Gasteiger partial charge in [0.05, 0.1) is 0 Å². The molecule has 0 aromatic heterocycles. The van der Waals surface area contributed by atoms with Gasteiger partial charge in [0.1, 0.15) is 0 Å². The predicted molar refractivity (Wildman–Crippen MR) is 84.1 cm³/mol. The van der Waals surface area contributed by atoms with Gasteiger partial charge in [-0.25, -0.2) is 0 Å². The minimum atomic E-state index is 0.477. The fourth-order valence-electron chi connectivity index (χ4n) is 3.21. The van der Waals surface area contributed by atoms with E-state index in [4.69, 9.17) is 11.6 Å². The Morgan fingerprint density at radius 2 is 2.11 bits per heavy atom. The largest absolute Gasteiger partial charge is 0.310 e. The summed E-state index contributed by atoms with van der Waals surface area (Å²) in [6.45, 7) is 10.1. The molecule has 1 aromatic rings. The van der Waals surface area contributed by atoms with E-state index in [9.17, 15) is 0 Å². The Morgan fingerprint density at radius 1 is 1.37 bits per heavy atom. The molecule has 1 aliphatic carbocycles. The van der Waals surface area contributed by atoms with Crippen LogP contribution in [-0.2, 0) is 6.42 Å². The van der Waals surface area contributed by atoms with E-state index in [1.54, 1.807) is 0 Å². The lowest BCUT2D eigenvalue weighted by molar-refractivity contribution is 0.408. The molecular formula is C17H26ClN. The van der Waals surface area contributed by atoms with Gasteiger partial charge in [0.25, 0.3) is 0 Å². The molecule has 0 spiro atoms. The Kier molecular flexibility index (Phi) is 4.92. The zero-order valence-corrected chi connectivity index (χ0v) is 13.4. The average Bonchev–Trinajstić information content (AvgIpc) is 2.53. The minimum Gasteiger partial charge on any atom is -0.310 e. The van der Waals surface area contributed by atoms with Gasteiger partial charge in [-0.05, 0) is 80.3 Å². The van der Waals surface area contributed by atoms with Gasteiger partial charge < -0.3 is 5.32 Å². The van der Waals surface area contributed by atoms with E-state index in [1.807, 2.05) is 0 Å². The van der Waals surface area contributed by atoms with Crippen molar-refractivity contribution in [2.75, 3.05) is 6.54 Å². The fourth-order valence-corrected chi connectivity index (χ4v) is 3.57. The number of nitrogens with one attached hydrogen (secondary N) is 1. The van der Waals surface area contributed by atoms with Crippen LogP contribution in [0.4, 0.5) is 0 Å². The van der Waals surface area contributed by atoms with Crippen LogP contribution >= 0.6 is 11.6 Å². The van der Waals surface area contributed by atoms with Crippen molar-refractivity contribution in [2.24, 2.45) is 5.92 Å². The maximum Gasteiger partial charge on any atom is 0.0444 e. The van der Waals surface area contributed by atoms with Crippen molar-refractivity contribution in [3.05, 3.63) is 33.3 Å². The van der Waals surface area contributed by atoms with Gasteiger partial charge in [-0.3, -0.25) is 0 Å². The van der Waals surface area contributed by atoms with Gasteiger partial charge in [-0.15, -0.1) is 0 Å². The molecule has 0 radical (unpaired) electrons. The van der Waals surface area contributed by atoms with Crippen molar-refractivity contribution in [1.82, 2.24) is 5.32 Å². The molecule has 2 atom stereocenters. The molecule has 1 nitrogen and oxygen atoms in total. The number of benzene rings is 1. The highest BCUT2D eigenvalue weighted by molar-refractivity contribution is 6.31. The van der Waals surface area contributed by atoms with E-state index in [0.717, 1.165) is 23.9 Å². The van der Waals surface area contributed by atoms with Gasteiger partial charge >= 0.3 is 0 Å². The summed E-state index contributed by atoms with van der Waals surface area (Å²) >= 11 is 6.51. The Balaban J connectivity index is 2.47. The summed E-state index contributed by atoms with van der Waals surface area (Å²) in [7, 11) is 0. The summed E-state index contributed by atoms with van der Waals surface area (Å²) < 4.78 is 0. The molecule has 1 aromatic carbocycles. The first-order valence-electron chi connectivity index (χ1n) is 7.56. The first kappa shape index (κ1) is 14.9. The smallest absolute Gasteiger partial charge is 0.0444 e. The molecule has 0 saturated heterocycles. The topological polar surface area (TPSA) is 12.0 Å². The number of hydrogen-bond donors (Lipinski definition) is 1. The first-order valence-corrected chi connectivity index (χ1v) is 7.94. The van der Waals surface area contributed by atoms with Crippen LogP contribution in [-0.4, -0.2) is 6.54 Å². The SMILES string of the molecule is CCCNC1CC(C)CCc2c(Cl)cc(C)c(C)c21. The summed E-state index contributed by atoms with van der Waals surface area (Å²) in [4.78, 5) is 0. The van der Waals surface area contributed by atoms with E-state index in [2.05, 4.69) is 39.1 Å². The maximum absolute atomic E-state index is 6.51. The quantitative estimate of drug-likeness (QED) is 0.770. The summed E-state index contributed by atoms with van der Waals surface area (Å²) in [6, 6.07) is 2.62. The lowest BCUT2D eigenvalue weighted by Crippen LogP contribution is -2.24. The van der Waals surface area contributed by atoms with E-state index < -0.39 is 0 Å². The highest BCUT2D eigenvalue weighted by atomic mass is 35.5. The van der Waals surface area contributed by atoms with Crippen LogP contribution in [0.25, 0.3) is 0 Å². The summed E-state index contributed by atoms with van der Waals surface area (Å²) in [6.07, 6.45) is 4.78. The molecule has 2 heteroatoms. The van der Waals surface area contributed by atoms with Gasteiger partial charge in [0.2, 0.25) is 0 Å². The van der Waals surface area contributed by atoms with E-state index in [1.165, 1.54) is 41.5 Å². The second-order valence-corrected chi connectivity index (χ2v) is 6.49. The molecule has 0 aliphatic heterocycles. The zero-order chi connectivity index (χ0) is 14.0. The van der Waals surface area contributed by atoms with Crippen molar-refractivity contribution in [3.8, 4) is 0 Å². The average molecular weight is 280 g/mol. The van der Waals surface area contributed by atoms with E-state index >= 15 is 0 Å². The first-order chi connectivity index (χ1) is 9.04. The third kappa shape index (κ3) is 3.14. The molecule has 0 bridgehead atoms. The molecule has 1 N–H and O–H groups in total. The number of rotatable bonds is 3.